The Balaban J connectivity index is 2.18. The van der Waals surface area contributed by atoms with Gasteiger partial charge in [-0.2, -0.15) is 5.26 Å². The molecule has 1 atom stereocenters. The number of nitrogens with zero attached hydrogens (tertiary/aromatic N) is 1. The van der Waals surface area contributed by atoms with Crippen LogP contribution in [0.25, 0.3) is 0 Å². The molecule has 0 N–H and O–H groups in total. The van der Waals surface area contributed by atoms with Crippen molar-refractivity contribution in [3.63, 3.8) is 0 Å². The van der Waals surface area contributed by atoms with Gasteiger partial charge in [-0.05, 0) is 42.5 Å². The average molecular weight is 267 g/mol. The molecule has 0 amide bonds. The first kappa shape index (κ1) is 14.3. The molecule has 0 fully saturated rings. The molecule has 2 aromatic rings. The first-order valence-corrected chi connectivity index (χ1v) is 6.91. The van der Waals surface area contributed by atoms with Crippen molar-refractivity contribution < 1.29 is 4.39 Å². The topological polar surface area (TPSA) is 23.8 Å². The molecule has 0 saturated carbocycles. The van der Waals surface area contributed by atoms with E-state index in [4.69, 9.17) is 0 Å². The average Bonchev–Trinajstić information content (AvgIpc) is 2.51. The van der Waals surface area contributed by atoms with E-state index in [2.05, 4.69) is 6.07 Å². The molecule has 1 unspecified atom stereocenters. The van der Waals surface area contributed by atoms with Crippen LogP contribution in [0.15, 0.2) is 54.6 Å². The molecule has 1 nitrogen and oxygen atoms in total. The minimum atomic E-state index is -0.463. The molecule has 0 spiro atoms. The Labute approximate surface area is 119 Å². The number of nitriles is 1. The van der Waals surface area contributed by atoms with Crippen molar-refractivity contribution in [1.29, 1.82) is 5.26 Å². The third-order valence-corrected chi connectivity index (χ3v) is 3.90. The number of benzene rings is 2. The summed E-state index contributed by atoms with van der Waals surface area (Å²) in [5.41, 5.74) is 1.66. The zero-order chi connectivity index (χ0) is 14.4. The third kappa shape index (κ3) is 3.05. The minimum Gasteiger partial charge on any atom is -0.207 e. The molecule has 2 rings (SSSR count). The van der Waals surface area contributed by atoms with Gasteiger partial charge in [0.25, 0.3) is 0 Å². The Morgan fingerprint density at radius 2 is 1.70 bits per heavy atom. The zero-order valence-corrected chi connectivity index (χ0v) is 11.6. The largest absolute Gasteiger partial charge is 0.207 e. The fourth-order valence-corrected chi connectivity index (χ4v) is 2.49. The van der Waals surface area contributed by atoms with Gasteiger partial charge in [-0.1, -0.05) is 49.4 Å². The van der Waals surface area contributed by atoms with Gasteiger partial charge < -0.3 is 0 Å². The van der Waals surface area contributed by atoms with Crippen LogP contribution in [0.2, 0.25) is 0 Å². The van der Waals surface area contributed by atoms with Gasteiger partial charge in [-0.25, -0.2) is 4.39 Å². The highest BCUT2D eigenvalue weighted by Crippen LogP contribution is 2.32. The maximum absolute atomic E-state index is 12.9. The van der Waals surface area contributed by atoms with Crippen LogP contribution < -0.4 is 0 Å². The zero-order valence-electron chi connectivity index (χ0n) is 11.6. The summed E-state index contributed by atoms with van der Waals surface area (Å²) in [7, 11) is 0. The van der Waals surface area contributed by atoms with E-state index in [-0.39, 0.29) is 5.82 Å². The first-order chi connectivity index (χ1) is 9.70. The summed E-state index contributed by atoms with van der Waals surface area (Å²) in [5.74, 6) is -0.223. The predicted octanol–water partition coefficient (Wildman–Crippen LogP) is 4.63. The van der Waals surface area contributed by atoms with Crippen LogP contribution in [0.1, 0.15) is 30.9 Å². The van der Waals surface area contributed by atoms with Crippen LogP contribution in [0, 0.1) is 17.1 Å². The third-order valence-electron chi connectivity index (χ3n) is 3.90. The van der Waals surface area contributed by atoms with E-state index in [0.717, 1.165) is 30.4 Å². The lowest BCUT2D eigenvalue weighted by atomic mass is 9.75. The fraction of sp³-hybridized carbons (Fsp3) is 0.278. The first-order valence-electron chi connectivity index (χ1n) is 6.91. The lowest BCUT2D eigenvalue weighted by molar-refractivity contribution is 0.486. The van der Waals surface area contributed by atoms with Crippen molar-refractivity contribution in [1.82, 2.24) is 0 Å². The van der Waals surface area contributed by atoms with Gasteiger partial charge in [0.05, 0.1) is 11.5 Å². The Morgan fingerprint density at radius 1 is 1.05 bits per heavy atom. The molecule has 2 heteroatoms. The summed E-state index contributed by atoms with van der Waals surface area (Å²) in [4.78, 5) is 0. The Hall–Kier alpha value is -2.14. The number of hydrogen-bond donors (Lipinski definition) is 0. The minimum absolute atomic E-state index is 0.223. The second-order valence-corrected chi connectivity index (χ2v) is 5.04. The van der Waals surface area contributed by atoms with E-state index >= 15 is 0 Å². The summed E-state index contributed by atoms with van der Waals surface area (Å²) in [6.45, 7) is 2.04. The van der Waals surface area contributed by atoms with E-state index in [1.807, 2.05) is 37.3 Å². The summed E-state index contributed by atoms with van der Waals surface area (Å²) in [6, 6.07) is 18.9. The monoisotopic (exact) mass is 267 g/mol. The Morgan fingerprint density at radius 3 is 2.25 bits per heavy atom. The van der Waals surface area contributed by atoms with Crippen molar-refractivity contribution in [2.24, 2.45) is 0 Å². The van der Waals surface area contributed by atoms with E-state index in [1.54, 1.807) is 12.1 Å². The van der Waals surface area contributed by atoms with Crippen molar-refractivity contribution in [3.05, 3.63) is 71.5 Å². The molecule has 0 bridgehead atoms. The summed E-state index contributed by atoms with van der Waals surface area (Å²) < 4.78 is 12.9. The Bertz CT molecular complexity index is 583. The molecule has 102 valence electrons. The molecule has 0 aliphatic heterocycles. The normalized spacial score (nSPS) is 13.4. The van der Waals surface area contributed by atoms with Gasteiger partial charge >= 0.3 is 0 Å². The van der Waals surface area contributed by atoms with Crippen molar-refractivity contribution in [2.75, 3.05) is 0 Å². The van der Waals surface area contributed by atoms with Crippen molar-refractivity contribution >= 4 is 0 Å². The highest BCUT2D eigenvalue weighted by molar-refractivity contribution is 5.32. The van der Waals surface area contributed by atoms with Crippen LogP contribution in [-0.4, -0.2) is 0 Å². The van der Waals surface area contributed by atoms with Gasteiger partial charge in [0.1, 0.15) is 5.82 Å². The summed E-state index contributed by atoms with van der Waals surface area (Å²) >= 11 is 0. The second-order valence-electron chi connectivity index (χ2n) is 5.04. The molecule has 0 aliphatic carbocycles. The number of halogens is 1. The number of hydrogen-bond acceptors (Lipinski definition) is 1. The van der Waals surface area contributed by atoms with E-state index in [9.17, 15) is 9.65 Å². The fourth-order valence-electron chi connectivity index (χ4n) is 2.49. The predicted molar refractivity (Wildman–Crippen MR) is 78.7 cm³/mol. The van der Waals surface area contributed by atoms with Gasteiger partial charge in [0.15, 0.2) is 0 Å². The number of aryl methyl sites for hydroxylation is 1. The number of rotatable bonds is 5. The van der Waals surface area contributed by atoms with Gasteiger partial charge in [-0.3, -0.25) is 0 Å². The van der Waals surface area contributed by atoms with Crippen molar-refractivity contribution in [3.8, 4) is 6.07 Å². The molecule has 20 heavy (non-hydrogen) atoms. The molecule has 0 radical (unpaired) electrons. The van der Waals surface area contributed by atoms with Crippen molar-refractivity contribution in [2.45, 2.75) is 31.6 Å². The molecule has 0 aromatic heterocycles. The Kier molecular flexibility index (Phi) is 4.53. The standard InChI is InChI=1S/C18H18FN/c1-2-18(14-20,16-6-4-3-5-7-16)13-12-15-8-10-17(19)11-9-15/h3-11H,2,12-13H2,1H3. The smallest absolute Gasteiger partial charge is 0.123 e. The van der Waals surface area contributed by atoms with Crippen LogP contribution in [0.4, 0.5) is 4.39 Å². The highest BCUT2D eigenvalue weighted by Gasteiger charge is 2.29. The highest BCUT2D eigenvalue weighted by atomic mass is 19.1. The molecular formula is C18H18FN. The van der Waals surface area contributed by atoms with E-state index < -0.39 is 5.41 Å². The van der Waals surface area contributed by atoms with Gasteiger partial charge in [-0.15, -0.1) is 0 Å². The van der Waals surface area contributed by atoms with Gasteiger partial charge in [0, 0.05) is 0 Å². The second kappa shape index (κ2) is 6.34. The molecule has 0 aliphatic rings. The molecular weight excluding hydrogens is 249 g/mol. The molecule has 2 aromatic carbocycles. The molecule has 0 saturated heterocycles. The summed E-state index contributed by atoms with van der Waals surface area (Å²) in [6.07, 6.45) is 2.29. The van der Waals surface area contributed by atoms with E-state index in [0.29, 0.717) is 0 Å². The quantitative estimate of drug-likeness (QED) is 0.774. The van der Waals surface area contributed by atoms with Crippen LogP contribution >= 0.6 is 0 Å². The summed E-state index contributed by atoms with van der Waals surface area (Å²) in [5, 5.41) is 9.64. The van der Waals surface area contributed by atoms with Gasteiger partial charge in [0.2, 0.25) is 0 Å². The molecule has 0 heterocycles. The van der Waals surface area contributed by atoms with Crippen LogP contribution in [-0.2, 0) is 11.8 Å². The van der Waals surface area contributed by atoms with Crippen LogP contribution in [0.3, 0.4) is 0 Å². The maximum atomic E-state index is 12.9. The lowest BCUT2D eigenvalue weighted by Crippen LogP contribution is -2.24. The maximum Gasteiger partial charge on any atom is 0.123 e. The SMILES string of the molecule is CCC(C#N)(CCc1ccc(F)cc1)c1ccccc1. The van der Waals surface area contributed by atoms with Crippen LogP contribution in [0.5, 0.6) is 0 Å². The van der Waals surface area contributed by atoms with E-state index in [1.165, 1.54) is 12.1 Å². The lowest BCUT2D eigenvalue weighted by Gasteiger charge is -2.25.